The lowest BCUT2D eigenvalue weighted by Gasteiger charge is -2.24. The van der Waals surface area contributed by atoms with E-state index in [0.717, 1.165) is 28.5 Å². The topological polar surface area (TPSA) is 87.2 Å². The predicted molar refractivity (Wildman–Crippen MR) is 106 cm³/mol. The van der Waals surface area contributed by atoms with Gasteiger partial charge in [-0.2, -0.15) is 0 Å². The summed E-state index contributed by atoms with van der Waals surface area (Å²) in [6.45, 7) is 2.80. The van der Waals surface area contributed by atoms with Gasteiger partial charge in [0.25, 0.3) is 5.91 Å². The molecule has 3 rings (SSSR count). The van der Waals surface area contributed by atoms with E-state index in [4.69, 9.17) is 10.5 Å². The highest BCUT2D eigenvalue weighted by Crippen LogP contribution is 2.36. The third-order valence-electron chi connectivity index (χ3n) is 5.48. The van der Waals surface area contributed by atoms with Crippen LogP contribution in [0.15, 0.2) is 11.6 Å². The molecule has 0 aromatic carbocycles. The molecule has 1 amide bonds. The Bertz CT molecular complexity index is 805. The number of methoxy groups -OCH3 is 1. The Morgan fingerprint density at radius 2 is 2.07 bits per heavy atom. The van der Waals surface area contributed by atoms with Gasteiger partial charge in [-0.15, -0.1) is 11.3 Å². The van der Waals surface area contributed by atoms with Crippen molar-refractivity contribution in [1.29, 1.82) is 0 Å². The van der Waals surface area contributed by atoms with Gasteiger partial charge in [0, 0.05) is 35.1 Å². The number of hydrogen-bond acceptors (Lipinski definition) is 5. The van der Waals surface area contributed by atoms with Crippen LogP contribution in [0.1, 0.15) is 60.3 Å². The first-order chi connectivity index (χ1) is 13.0. The average molecular weight is 390 g/mol. The van der Waals surface area contributed by atoms with Crippen LogP contribution in [0.2, 0.25) is 0 Å². The first-order valence-corrected chi connectivity index (χ1v) is 10.4. The van der Waals surface area contributed by atoms with Gasteiger partial charge in [0.2, 0.25) is 0 Å². The van der Waals surface area contributed by atoms with Gasteiger partial charge in [0.1, 0.15) is 5.01 Å². The van der Waals surface area contributed by atoms with E-state index in [1.807, 2.05) is 12.3 Å². The number of nitrogens with zero attached hydrogens (tertiary/aromatic N) is 2. The fourth-order valence-electron chi connectivity index (χ4n) is 4.13. The van der Waals surface area contributed by atoms with Crippen molar-refractivity contribution >= 4 is 23.2 Å². The fourth-order valence-corrected chi connectivity index (χ4v) is 4.84. The number of rotatable bonds is 7. The minimum Gasteiger partial charge on any atom is -0.469 e. The molecule has 2 aromatic heterocycles. The normalized spacial score (nSPS) is 15.0. The number of aromatic nitrogens is 2. The quantitative estimate of drug-likeness (QED) is 0.731. The number of nitrogens with two attached hydrogens (primary N) is 1. The first kappa shape index (κ1) is 19.6. The first-order valence-electron chi connectivity index (χ1n) is 9.51. The molecule has 0 atom stereocenters. The summed E-state index contributed by atoms with van der Waals surface area (Å²) in [6.07, 6.45) is 8.70. The molecule has 0 unspecified atom stereocenters. The van der Waals surface area contributed by atoms with E-state index in [9.17, 15) is 9.59 Å². The molecular weight excluding hydrogens is 362 g/mol. The minimum atomic E-state index is -0.445. The van der Waals surface area contributed by atoms with Gasteiger partial charge in [-0.3, -0.25) is 9.59 Å². The van der Waals surface area contributed by atoms with Gasteiger partial charge in [-0.05, 0) is 32.1 Å². The standard InChI is InChI=1S/C20H27N3O3S/c1-13-17(19(21)25)18(20-22-10-11-27-20)15(8-9-16(24)26-2)23(13)12-14-6-4-3-5-7-14/h10-11,14H,3-9,12H2,1-2H3,(H2,21,25). The molecule has 1 fully saturated rings. The molecule has 0 radical (unpaired) electrons. The summed E-state index contributed by atoms with van der Waals surface area (Å²) in [5, 5.41) is 2.66. The van der Waals surface area contributed by atoms with Crippen LogP contribution in [0, 0.1) is 12.8 Å². The number of ether oxygens (including phenoxy) is 1. The van der Waals surface area contributed by atoms with Crippen molar-refractivity contribution in [2.24, 2.45) is 11.7 Å². The van der Waals surface area contributed by atoms with E-state index in [0.29, 0.717) is 17.9 Å². The molecule has 27 heavy (non-hydrogen) atoms. The molecule has 0 bridgehead atoms. The molecular formula is C20H27N3O3S. The number of primary amides is 1. The number of carbonyl (C=O) groups excluding carboxylic acids is 2. The molecule has 1 saturated carbocycles. The van der Waals surface area contributed by atoms with Gasteiger partial charge >= 0.3 is 5.97 Å². The maximum absolute atomic E-state index is 12.3. The van der Waals surface area contributed by atoms with Crippen molar-refractivity contribution in [3.05, 3.63) is 28.5 Å². The van der Waals surface area contributed by atoms with Crippen molar-refractivity contribution < 1.29 is 14.3 Å². The Hall–Kier alpha value is -2.15. The zero-order chi connectivity index (χ0) is 19.4. The Morgan fingerprint density at radius 1 is 1.33 bits per heavy atom. The van der Waals surface area contributed by atoms with E-state index >= 15 is 0 Å². The lowest BCUT2D eigenvalue weighted by atomic mass is 9.89. The maximum Gasteiger partial charge on any atom is 0.305 e. The van der Waals surface area contributed by atoms with E-state index < -0.39 is 5.91 Å². The second kappa shape index (κ2) is 8.69. The second-order valence-electron chi connectivity index (χ2n) is 7.17. The minimum absolute atomic E-state index is 0.260. The van der Waals surface area contributed by atoms with Crippen LogP contribution < -0.4 is 5.73 Å². The molecule has 146 valence electrons. The highest BCUT2D eigenvalue weighted by Gasteiger charge is 2.28. The number of esters is 1. The van der Waals surface area contributed by atoms with Crippen LogP contribution in [0.3, 0.4) is 0 Å². The monoisotopic (exact) mass is 389 g/mol. The summed E-state index contributed by atoms with van der Waals surface area (Å²) in [4.78, 5) is 28.5. The highest BCUT2D eigenvalue weighted by molar-refractivity contribution is 7.13. The van der Waals surface area contributed by atoms with Crippen molar-refractivity contribution in [2.75, 3.05) is 7.11 Å². The van der Waals surface area contributed by atoms with E-state index in [-0.39, 0.29) is 12.4 Å². The van der Waals surface area contributed by atoms with Gasteiger partial charge in [0.05, 0.1) is 19.1 Å². The molecule has 2 aromatic rings. The van der Waals surface area contributed by atoms with E-state index in [1.165, 1.54) is 50.6 Å². The van der Waals surface area contributed by atoms with Gasteiger partial charge in [0.15, 0.2) is 0 Å². The Balaban J connectivity index is 2.07. The highest BCUT2D eigenvalue weighted by atomic mass is 32.1. The fraction of sp³-hybridized carbons (Fsp3) is 0.550. The van der Waals surface area contributed by atoms with Crippen LogP contribution in [-0.2, 0) is 22.5 Å². The van der Waals surface area contributed by atoms with Crippen LogP contribution in [-0.4, -0.2) is 28.5 Å². The zero-order valence-corrected chi connectivity index (χ0v) is 16.8. The summed E-state index contributed by atoms with van der Waals surface area (Å²) in [6, 6.07) is 0. The van der Waals surface area contributed by atoms with Crippen LogP contribution in [0.4, 0.5) is 0 Å². The summed E-state index contributed by atoms with van der Waals surface area (Å²) in [5.41, 5.74) is 8.91. The van der Waals surface area contributed by atoms with Crippen molar-refractivity contribution in [3.8, 4) is 10.6 Å². The Labute approximate surface area is 163 Å². The van der Waals surface area contributed by atoms with Crippen molar-refractivity contribution in [3.63, 3.8) is 0 Å². The number of carbonyl (C=O) groups is 2. The Kier molecular flexibility index (Phi) is 6.31. The number of hydrogen-bond donors (Lipinski definition) is 1. The Morgan fingerprint density at radius 3 is 2.67 bits per heavy atom. The van der Waals surface area contributed by atoms with Crippen LogP contribution in [0.5, 0.6) is 0 Å². The number of thiazole rings is 1. The summed E-state index contributed by atoms with van der Waals surface area (Å²) < 4.78 is 7.03. The molecule has 6 nitrogen and oxygen atoms in total. The van der Waals surface area contributed by atoms with Crippen LogP contribution in [0.25, 0.3) is 10.6 Å². The third-order valence-corrected chi connectivity index (χ3v) is 6.27. The van der Waals surface area contributed by atoms with Gasteiger partial charge in [-0.1, -0.05) is 19.3 Å². The molecule has 1 aliphatic rings. The molecule has 7 heteroatoms. The van der Waals surface area contributed by atoms with Crippen molar-refractivity contribution in [2.45, 2.75) is 58.4 Å². The summed E-state index contributed by atoms with van der Waals surface area (Å²) >= 11 is 1.48. The smallest absolute Gasteiger partial charge is 0.305 e. The SMILES string of the molecule is COC(=O)CCc1c(-c2nccs2)c(C(N)=O)c(C)n1CC1CCCCC1. The zero-order valence-electron chi connectivity index (χ0n) is 16.0. The third kappa shape index (κ3) is 4.24. The molecule has 0 spiro atoms. The van der Waals surface area contributed by atoms with E-state index in [2.05, 4.69) is 9.55 Å². The maximum atomic E-state index is 12.3. The molecule has 0 aliphatic heterocycles. The lowest BCUT2D eigenvalue weighted by Crippen LogP contribution is -2.18. The predicted octanol–water partition coefficient (Wildman–Crippen LogP) is 3.70. The molecule has 2 N–H and O–H groups in total. The molecule has 2 heterocycles. The average Bonchev–Trinajstić information content (AvgIpc) is 3.28. The lowest BCUT2D eigenvalue weighted by molar-refractivity contribution is -0.140. The second-order valence-corrected chi connectivity index (χ2v) is 8.07. The van der Waals surface area contributed by atoms with Gasteiger partial charge < -0.3 is 15.0 Å². The number of amides is 1. The molecule has 0 saturated heterocycles. The summed E-state index contributed by atoms with van der Waals surface area (Å²) in [7, 11) is 1.39. The summed E-state index contributed by atoms with van der Waals surface area (Å²) in [5.74, 6) is -0.116. The van der Waals surface area contributed by atoms with Crippen LogP contribution >= 0.6 is 11.3 Å². The largest absolute Gasteiger partial charge is 0.469 e. The van der Waals surface area contributed by atoms with E-state index in [1.54, 1.807) is 6.20 Å². The molecule has 1 aliphatic carbocycles. The van der Waals surface area contributed by atoms with Gasteiger partial charge in [-0.25, -0.2) is 4.98 Å². The van der Waals surface area contributed by atoms with Crippen molar-refractivity contribution in [1.82, 2.24) is 9.55 Å².